The number of carbonyl (C=O) groups excluding carboxylic acids is 1. The molecule has 0 radical (unpaired) electrons. The lowest BCUT2D eigenvalue weighted by Crippen LogP contribution is -2.14. The number of hydrogen-bond acceptors (Lipinski definition) is 3. The maximum atomic E-state index is 11.7. The quantitative estimate of drug-likeness (QED) is 0.559. The molecule has 112 valence electrons. The number of unbranched alkanes of at least 4 members (excludes halogenated alkanes) is 2. The Morgan fingerprint density at radius 3 is 2.40 bits per heavy atom. The first-order valence-corrected chi connectivity index (χ1v) is 6.40. The summed E-state index contributed by atoms with van der Waals surface area (Å²) in [5, 5.41) is 0.302. The van der Waals surface area contributed by atoms with Gasteiger partial charge in [-0.2, -0.15) is 0 Å². The zero-order valence-corrected chi connectivity index (χ0v) is 11.3. The first-order chi connectivity index (χ1) is 9.40. The Hall–Kier alpha value is -1.27. The van der Waals surface area contributed by atoms with Crippen LogP contribution < -0.4 is 0 Å². The molecule has 0 saturated heterocycles. The predicted molar refractivity (Wildman–Crippen MR) is 67.6 cm³/mol. The lowest BCUT2D eigenvalue weighted by atomic mass is 10.2. The normalized spacial score (nSPS) is 11.4. The summed E-state index contributed by atoms with van der Waals surface area (Å²) in [4.78, 5) is 11.6. The van der Waals surface area contributed by atoms with Crippen molar-refractivity contribution in [2.75, 3.05) is 13.2 Å². The van der Waals surface area contributed by atoms with Crippen molar-refractivity contribution >= 4 is 17.6 Å². The van der Waals surface area contributed by atoms with Gasteiger partial charge in [0.25, 0.3) is 0 Å². The lowest BCUT2D eigenvalue weighted by molar-refractivity contribution is -0.324. The van der Waals surface area contributed by atoms with Crippen LogP contribution in [-0.4, -0.2) is 25.5 Å². The van der Waals surface area contributed by atoms with Gasteiger partial charge in [0.15, 0.2) is 0 Å². The van der Waals surface area contributed by atoms with E-state index < -0.39 is 12.3 Å². The van der Waals surface area contributed by atoms with Gasteiger partial charge in [-0.1, -0.05) is 23.7 Å². The molecule has 0 heterocycles. The average Bonchev–Trinajstić information content (AvgIpc) is 2.36. The first kappa shape index (κ1) is 16.8. The first-order valence-electron chi connectivity index (χ1n) is 6.02. The molecule has 0 aliphatic rings. The molecule has 1 aromatic carbocycles. The van der Waals surface area contributed by atoms with E-state index in [9.17, 15) is 18.0 Å². The van der Waals surface area contributed by atoms with E-state index in [1.807, 2.05) is 0 Å². The summed E-state index contributed by atoms with van der Waals surface area (Å²) < 4.78 is 43.6. The van der Waals surface area contributed by atoms with E-state index >= 15 is 0 Å². The van der Waals surface area contributed by atoms with Gasteiger partial charge in [0.1, 0.15) is 0 Å². The molecule has 0 aliphatic carbocycles. The maximum absolute atomic E-state index is 11.7. The summed E-state index contributed by atoms with van der Waals surface area (Å²) in [7, 11) is 0. The van der Waals surface area contributed by atoms with Crippen molar-refractivity contribution in [3.05, 3.63) is 34.9 Å². The minimum Gasteiger partial charge on any atom is -0.462 e. The molecule has 0 fully saturated rings. The zero-order chi connectivity index (χ0) is 15.0. The standard InChI is InChI=1S/C13H14ClF3O3/c14-11-7-3-2-6-10(11)12(18)19-8-4-1-5-9-20-13(15,16)17/h2-3,6-7H,1,4-5,8-9H2. The molecule has 0 amide bonds. The van der Waals surface area contributed by atoms with Gasteiger partial charge >= 0.3 is 12.3 Å². The van der Waals surface area contributed by atoms with Gasteiger partial charge in [-0.05, 0) is 31.4 Å². The number of halogens is 4. The van der Waals surface area contributed by atoms with E-state index in [1.54, 1.807) is 24.3 Å². The number of carbonyl (C=O) groups is 1. The van der Waals surface area contributed by atoms with Crippen LogP contribution in [0.25, 0.3) is 0 Å². The largest absolute Gasteiger partial charge is 0.522 e. The Bertz CT molecular complexity index is 435. The van der Waals surface area contributed by atoms with Gasteiger partial charge in [0.05, 0.1) is 23.8 Å². The molecule has 0 aliphatic heterocycles. The second-order valence-corrected chi connectivity index (χ2v) is 4.38. The average molecular weight is 311 g/mol. The molecule has 0 unspecified atom stereocenters. The highest BCUT2D eigenvalue weighted by Gasteiger charge is 2.28. The molecule has 0 saturated carbocycles. The van der Waals surface area contributed by atoms with Gasteiger partial charge in [0.2, 0.25) is 0 Å². The number of alkyl halides is 3. The smallest absolute Gasteiger partial charge is 0.462 e. The Morgan fingerprint density at radius 2 is 1.75 bits per heavy atom. The molecule has 0 aromatic heterocycles. The molecular formula is C13H14ClF3O3. The highest BCUT2D eigenvalue weighted by molar-refractivity contribution is 6.33. The fourth-order valence-corrected chi connectivity index (χ4v) is 1.65. The summed E-state index contributed by atoms with van der Waals surface area (Å²) in [6.45, 7) is -0.252. The number of rotatable bonds is 7. The third kappa shape index (κ3) is 6.77. The lowest BCUT2D eigenvalue weighted by Gasteiger charge is -2.07. The minimum atomic E-state index is -4.59. The van der Waals surface area contributed by atoms with Crippen molar-refractivity contribution in [1.82, 2.24) is 0 Å². The van der Waals surface area contributed by atoms with Crippen LogP contribution >= 0.6 is 11.6 Å². The van der Waals surface area contributed by atoms with E-state index in [0.717, 1.165) is 0 Å². The van der Waals surface area contributed by atoms with Gasteiger partial charge in [-0.25, -0.2) is 4.79 Å². The van der Waals surface area contributed by atoms with Crippen molar-refractivity contribution in [3.63, 3.8) is 0 Å². The van der Waals surface area contributed by atoms with E-state index in [1.165, 1.54) is 0 Å². The fraction of sp³-hybridized carbons (Fsp3) is 0.462. The van der Waals surface area contributed by atoms with Crippen molar-refractivity contribution in [2.24, 2.45) is 0 Å². The highest BCUT2D eigenvalue weighted by Crippen LogP contribution is 2.17. The van der Waals surface area contributed by atoms with Crippen LogP contribution in [-0.2, 0) is 9.47 Å². The number of benzene rings is 1. The second-order valence-electron chi connectivity index (χ2n) is 3.97. The number of esters is 1. The van der Waals surface area contributed by atoms with Crippen LogP contribution in [0.1, 0.15) is 29.6 Å². The van der Waals surface area contributed by atoms with Crippen LogP contribution in [0, 0.1) is 0 Å². The monoisotopic (exact) mass is 310 g/mol. The summed E-state index contributed by atoms with van der Waals surface area (Å²) in [6.07, 6.45) is -3.39. The molecule has 0 spiro atoms. The molecule has 0 N–H and O–H groups in total. The molecular weight excluding hydrogens is 297 g/mol. The number of hydrogen-bond donors (Lipinski definition) is 0. The van der Waals surface area contributed by atoms with Gasteiger partial charge in [0, 0.05) is 0 Å². The highest BCUT2D eigenvalue weighted by atomic mass is 35.5. The molecule has 7 heteroatoms. The molecule has 0 bridgehead atoms. The molecule has 3 nitrogen and oxygen atoms in total. The van der Waals surface area contributed by atoms with Crippen molar-refractivity contribution in [2.45, 2.75) is 25.6 Å². The maximum Gasteiger partial charge on any atom is 0.522 e. The van der Waals surface area contributed by atoms with E-state index in [0.29, 0.717) is 17.9 Å². The zero-order valence-electron chi connectivity index (χ0n) is 10.6. The Morgan fingerprint density at radius 1 is 1.10 bits per heavy atom. The van der Waals surface area contributed by atoms with Crippen LogP contribution in [0.2, 0.25) is 5.02 Å². The van der Waals surface area contributed by atoms with Gasteiger partial charge < -0.3 is 4.74 Å². The van der Waals surface area contributed by atoms with Crippen LogP contribution in [0.5, 0.6) is 0 Å². The van der Waals surface area contributed by atoms with E-state index in [2.05, 4.69) is 4.74 Å². The van der Waals surface area contributed by atoms with Crippen molar-refractivity contribution in [3.8, 4) is 0 Å². The summed E-state index contributed by atoms with van der Waals surface area (Å²) in [6, 6.07) is 6.48. The van der Waals surface area contributed by atoms with Crippen LogP contribution in [0.15, 0.2) is 24.3 Å². The SMILES string of the molecule is O=C(OCCCCCOC(F)(F)F)c1ccccc1Cl. The topological polar surface area (TPSA) is 35.5 Å². The van der Waals surface area contributed by atoms with Crippen molar-refractivity contribution < 1.29 is 27.4 Å². The summed E-state index contributed by atoms with van der Waals surface area (Å²) in [5.41, 5.74) is 0.273. The molecule has 1 rings (SSSR count). The third-order valence-corrected chi connectivity index (χ3v) is 2.71. The van der Waals surface area contributed by atoms with E-state index in [-0.39, 0.29) is 25.2 Å². The van der Waals surface area contributed by atoms with Gasteiger partial charge in [-0.15, -0.1) is 13.2 Å². The molecule has 1 aromatic rings. The summed E-state index contributed by atoms with van der Waals surface area (Å²) in [5.74, 6) is -0.540. The third-order valence-electron chi connectivity index (χ3n) is 2.38. The molecule has 0 atom stereocenters. The fourth-order valence-electron chi connectivity index (χ4n) is 1.44. The number of ether oxygens (including phenoxy) is 2. The Labute approximate surface area is 119 Å². The Balaban J connectivity index is 2.13. The summed E-state index contributed by atoms with van der Waals surface area (Å²) >= 11 is 5.82. The van der Waals surface area contributed by atoms with Gasteiger partial charge in [-0.3, -0.25) is 4.74 Å². The van der Waals surface area contributed by atoms with Crippen molar-refractivity contribution in [1.29, 1.82) is 0 Å². The molecule has 20 heavy (non-hydrogen) atoms. The van der Waals surface area contributed by atoms with Crippen LogP contribution in [0.3, 0.4) is 0 Å². The van der Waals surface area contributed by atoms with E-state index in [4.69, 9.17) is 16.3 Å². The predicted octanol–water partition coefficient (Wildman–Crippen LogP) is 4.20. The minimum absolute atomic E-state index is 0.135. The second kappa shape index (κ2) is 8.11. The van der Waals surface area contributed by atoms with Crippen LogP contribution in [0.4, 0.5) is 13.2 Å². The Kier molecular flexibility index (Phi) is 6.81.